The van der Waals surface area contributed by atoms with Crippen molar-refractivity contribution >= 4 is 32.5 Å². The minimum atomic E-state index is -3.85. The number of ether oxygens (including phenoxy) is 4. The summed E-state index contributed by atoms with van der Waals surface area (Å²) in [5.74, 6) is 2.16. The first kappa shape index (κ1) is 27.2. The Hall–Kier alpha value is -4.42. The number of aryl methyl sites for hydroxylation is 1. The molecule has 208 valence electrons. The SMILES string of the molecule is COc1ccc2nc(C)c(C3=NN(c4ccc(S(N)(=O)=O)cc4)C(c4cc(OC)c(OC)c(OC)c4)C3)nc2c1. The lowest BCUT2D eigenvalue weighted by Crippen LogP contribution is -2.19. The van der Waals surface area contributed by atoms with Crippen LogP contribution >= 0.6 is 0 Å². The summed E-state index contributed by atoms with van der Waals surface area (Å²) < 4.78 is 45.8. The van der Waals surface area contributed by atoms with E-state index in [0.29, 0.717) is 52.0 Å². The van der Waals surface area contributed by atoms with Crippen LogP contribution in [-0.2, 0) is 10.0 Å². The molecule has 0 bridgehead atoms. The second-order valence-electron chi connectivity index (χ2n) is 9.12. The number of benzene rings is 3. The van der Waals surface area contributed by atoms with Gasteiger partial charge in [-0.25, -0.2) is 23.5 Å². The lowest BCUT2D eigenvalue weighted by Gasteiger charge is -2.25. The standard InChI is InChI=1S/C28H29N5O6S/c1-16-27(31-22-14-19(36-2)8-11-21(22)30-16)23-15-24(17-12-25(37-3)28(39-5)26(13-17)38-4)33(32-23)18-6-9-20(10-7-18)40(29,34)35/h6-14,24H,15H2,1-5H3,(H2,29,34,35). The molecule has 40 heavy (non-hydrogen) atoms. The molecule has 1 unspecified atom stereocenters. The molecule has 2 N–H and O–H groups in total. The summed E-state index contributed by atoms with van der Waals surface area (Å²) in [6, 6.07) is 15.2. The first-order valence-corrected chi connectivity index (χ1v) is 13.8. The molecule has 0 radical (unpaired) electrons. The van der Waals surface area contributed by atoms with E-state index in [1.54, 1.807) is 40.6 Å². The lowest BCUT2D eigenvalue weighted by atomic mass is 9.98. The van der Waals surface area contributed by atoms with Gasteiger partial charge in [-0.3, -0.25) is 5.01 Å². The van der Waals surface area contributed by atoms with E-state index in [1.807, 2.05) is 42.3 Å². The number of sulfonamides is 1. The molecule has 0 fully saturated rings. The van der Waals surface area contributed by atoms with E-state index in [1.165, 1.54) is 12.1 Å². The smallest absolute Gasteiger partial charge is 0.238 e. The molecule has 1 atom stereocenters. The van der Waals surface area contributed by atoms with E-state index >= 15 is 0 Å². The highest BCUT2D eigenvalue weighted by atomic mass is 32.2. The first-order chi connectivity index (χ1) is 19.2. The molecule has 0 spiro atoms. The number of primary sulfonamides is 1. The van der Waals surface area contributed by atoms with Crippen LogP contribution in [-0.4, -0.2) is 52.5 Å². The molecule has 5 rings (SSSR count). The van der Waals surface area contributed by atoms with Gasteiger partial charge in [0.1, 0.15) is 11.4 Å². The highest BCUT2D eigenvalue weighted by Gasteiger charge is 2.33. The molecule has 0 amide bonds. The highest BCUT2D eigenvalue weighted by molar-refractivity contribution is 7.89. The number of hydrogen-bond acceptors (Lipinski definition) is 10. The molecule has 1 aliphatic rings. The molecule has 4 aromatic rings. The molecule has 2 heterocycles. The van der Waals surface area contributed by atoms with Crippen molar-refractivity contribution in [1.82, 2.24) is 9.97 Å². The van der Waals surface area contributed by atoms with Crippen LogP contribution in [0.25, 0.3) is 11.0 Å². The van der Waals surface area contributed by atoms with Crippen LogP contribution in [0.2, 0.25) is 0 Å². The van der Waals surface area contributed by atoms with Crippen LogP contribution in [0.15, 0.2) is 64.6 Å². The molecule has 0 aliphatic carbocycles. The maximum absolute atomic E-state index is 11.9. The Bertz CT molecular complexity index is 1700. The summed E-state index contributed by atoms with van der Waals surface area (Å²) in [7, 11) is 2.42. The van der Waals surface area contributed by atoms with Gasteiger partial charge in [-0.15, -0.1) is 0 Å². The molecule has 11 nitrogen and oxygen atoms in total. The second kappa shape index (κ2) is 10.6. The number of methoxy groups -OCH3 is 4. The third kappa shape index (κ3) is 4.98. The van der Waals surface area contributed by atoms with Crippen molar-refractivity contribution in [3.05, 3.63) is 71.5 Å². The third-order valence-electron chi connectivity index (χ3n) is 6.73. The normalized spacial score (nSPS) is 15.2. The highest BCUT2D eigenvalue weighted by Crippen LogP contribution is 2.44. The predicted octanol–water partition coefficient (Wildman–Crippen LogP) is 3.98. The van der Waals surface area contributed by atoms with Gasteiger partial charge in [0.25, 0.3) is 0 Å². The van der Waals surface area contributed by atoms with Gasteiger partial charge in [-0.2, -0.15) is 5.10 Å². The van der Waals surface area contributed by atoms with Crippen LogP contribution in [0.4, 0.5) is 5.69 Å². The summed E-state index contributed by atoms with van der Waals surface area (Å²) in [5, 5.41) is 12.1. The molecule has 1 aliphatic heterocycles. The molecule has 12 heteroatoms. The molecule has 0 saturated carbocycles. The number of hydrazone groups is 1. The first-order valence-electron chi connectivity index (χ1n) is 12.3. The minimum Gasteiger partial charge on any atom is -0.497 e. The predicted molar refractivity (Wildman–Crippen MR) is 151 cm³/mol. The minimum absolute atomic E-state index is 0.00849. The average molecular weight is 564 g/mol. The Kier molecular flexibility index (Phi) is 7.21. The monoisotopic (exact) mass is 563 g/mol. The van der Waals surface area contributed by atoms with Gasteiger partial charge in [0, 0.05) is 12.5 Å². The fraction of sp³-hybridized carbons (Fsp3) is 0.250. The van der Waals surface area contributed by atoms with Gasteiger partial charge in [-0.1, -0.05) is 0 Å². The van der Waals surface area contributed by atoms with E-state index < -0.39 is 10.0 Å². The fourth-order valence-electron chi connectivity index (χ4n) is 4.76. The van der Waals surface area contributed by atoms with Crippen molar-refractivity contribution < 1.29 is 27.4 Å². The maximum atomic E-state index is 11.9. The molecular formula is C28H29N5O6S. The van der Waals surface area contributed by atoms with E-state index in [4.69, 9.17) is 39.2 Å². The zero-order chi connectivity index (χ0) is 28.6. The van der Waals surface area contributed by atoms with Crippen molar-refractivity contribution in [1.29, 1.82) is 0 Å². The topological polar surface area (TPSA) is 138 Å². The van der Waals surface area contributed by atoms with E-state index in [2.05, 4.69) is 0 Å². The largest absolute Gasteiger partial charge is 0.497 e. The molecular weight excluding hydrogens is 534 g/mol. The van der Waals surface area contributed by atoms with Gasteiger partial charge in [0.15, 0.2) is 11.5 Å². The summed E-state index contributed by atoms with van der Waals surface area (Å²) >= 11 is 0. The molecule has 1 aromatic heterocycles. The van der Waals surface area contributed by atoms with E-state index in [-0.39, 0.29) is 10.9 Å². The van der Waals surface area contributed by atoms with Crippen molar-refractivity contribution in [2.24, 2.45) is 10.2 Å². The van der Waals surface area contributed by atoms with Crippen LogP contribution in [0, 0.1) is 6.92 Å². The van der Waals surface area contributed by atoms with Crippen LogP contribution in [0.1, 0.15) is 29.4 Å². The van der Waals surface area contributed by atoms with Crippen molar-refractivity contribution in [2.75, 3.05) is 33.4 Å². The van der Waals surface area contributed by atoms with Gasteiger partial charge < -0.3 is 18.9 Å². The lowest BCUT2D eigenvalue weighted by molar-refractivity contribution is 0.323. The number of anilines is 1. The Morgan fingerprint density at radius 1 is 0.850 bits per heavy atom. The quantitative estimate of drug-likeness (QED) is 0.337. The maximum Gasteiger partial charge on any atom is 0.238 e. The Morgan fingerprint density at radius 3 is 2.10 bits per heavy atom. The Labute approximate surface area is 232 Å². The number of rotatable bonds is 8. The number of nitrogens with zero attached hydrogens (tertiary/aromatic N) is 4. The van der Waals surface area contributed by atoms with E-state index in [9.17, 15) is 8.42 Å². The zero-order valence-electron chi connectivity index (χ0n) is 22.7. The zero-order valence-corrected chi connectivity index (χ0v) is 23.5. The Balaban J connectivity index is 1.65. The second-order valence-corrected chi connectivity index (χ2v) is 10.7. The van der Waals surface area contributed by atoms with Gasteiger partial charge in [-0.05, 0) is 61.0 Å². The summed E-state index contributed by atoms with van der Waals surface area (Å²) in [4.78, 5) is 9.66. The van der Waals surface area contributed by atoms with Crippen LogP contribution < -0.4 is 29.1 Å². The number of nitrogens with two attached hydrogens (primary N) is 1. The van der Waals surface area contributed by atoms with Gasteiger partial charge in [0.05, 0.1) is 67.5 Å². The molecule has 3 aromatic carbocycles. The summed E-state index contributed by atoms with van der Waals surface area (Å²) in [6.07, 6.45) is 0.473. The van der Waals surface area contributed by atoms with Crippen LogP contribution in [0.5, 0.6) is 23.0 Å². The van der Waals surface area contributed by atoms with Gasteiger partial charge in [0.2, 0.25) is 15.8 Å². The van der Waals surface area contributed by atoms with Crippen LogP contribution in [0.3, 0.4) is 0 Å². The summed E-state index contributed by atoms with van der Waals surface area (Å²) in [5.41, 5.74) is 5.03. The molecule has 0 saturated heterocycles. The summed E-state index contributed by atoms with van der Waals surface area (Å²) in [6.45, 7) is 1.90. The fourth-order valence-corrected chi connectivity index (χ4v) is 5.27. The van der Waals surface area contributed by atoms with E-state index in [0.717, 1.165) is 16.8 Å². The van der Waals surface area contributed by atoms with Crippen molar-refractivity contribution in [3.8, 4) is 23.0 Å². The average Bonchev–Trinajstić information content (AvgIpc) is 3.40. The Morgan fingerprint density at radius 2 is 1.52 bits per heavy atom. The van der Waals surface area contributed by atoms with Crippen molar-refractivity contribution in [3.63, 3.8) is 0 Å². The van der Waals surface area contributed by atoms with Gasteiger partial charge >= 0.3 is 0 Å². The van der Waals surface area contributed by atoms with Crippen molar-refractivity contribution in [2.45, 2.75) is 24.3 Å². The third-order valence-corrected chi connectivity index (χ3v) is 7.66. The number of hydrogen-bond donors (Lipinski definition) is 1. The number of fused-ring (bicyclic) bond motifs is 1. The number of aromatic nitrogens is 2.